The Kier molecular flexibility index (Phi) is 7.71. The van der Waals surface area contributed by atoms with Crippen LogP contribution >= 0.6 is 11.6 Å². The molecule has 33 heavy (non-hydrogen) atoms. The van der Waals surface area contributed by atoms with Crippen molar-refractivity contribution in [3.8, 4) is 0 Å². The molecule has 0 radical (unpaired) electrons. The van der Waals surface area contributed by atoms with Crippen LogP contribution < -0.4 is 16.6 Å². The van der Waals surface area contributed by atoms with Crippen molar-refractivity contribution in [1.29, 1.82) is 0 Å². The molecule has 0 bridgehead atoms. The van der Waals surface area contributed by atoms with Gasteiger partial charge in [0, 0.05) is 23.8 Å². The lowest BCUT2D eigenvalue weighted by molar-refractivity contribution is 0.0943. The summed E-state index contributed by atoms with van der Waals surface area (Å²) in [6, 6.07) is 8.96. The minimum absolute atomic E-state index is 0.00284. The molecule has 1 unspecified atom stereocenters. The van der Waals surface area contributed by atoms with Crippen molar-refractivity contribution in [2.45, 2.75) is 45.7 Å². The first-order valence-electron chi connectivity index (χ1n) is 11.0. The van der Waals surface area contributed by atoms with Gasteiger partial charge in [0.05, 0.1) is 17.0 Å². The fourth-order valence-electron chi connectivity index (χ4n) is 3.80. The number of hydrogen-bond acceptors (Lipinski definition) is 5. The summed E-state index contributed by atoms with van der Waals surface area (Å²) in [5.74, 6) is -0.404. The third-order valence-corrected chi connectivity index (χ3v) is 5.94. The van der Waals surface area contributed by atoms with Crippen LogP contribution in [0, 0.1) is 0 Å². The predicted molar refractivity (Wildman–Crippen MR) is 131 cm³/mol. The number of nitrogens with one attached hydrogen (secondary N) is 2. The second kappa shape index (κ2) is 10.3. The summed E-state index contributed by atoms with van der Waals surface area (Å²) in [5.41, 5.74) is 0.814. The van der Waals surface area contributed by atoms with Crippen molar-refractivity contribution < 1.29 is 4.79 Å². The van der Waals surface area contributed by atoms with Gasteiger partial charge in [0.1, 0.15) is 0 Å². The summed E-state index contributed by atoms with van der Waals surface area (Å²) in [6.07, 6.45) is 0.679. The maximum absolute atomic E-state index is 13.4. The van der Waals surface area contributed by atoms with Crippen molar-refractivity contribution >= 4 is 28.5 Å². The van der Waals surface area contributed by atoms with Gasteiger partial charge in [-0.05, 0) is 44.1 Å². The van der Waals surface area contributed by atoms with Crippen molar-refractivity contribution in [3.63, 3.8) is 0 Å². The Morgan fingerprint density at radius 3 is 2.55 bits per heavy atom. The minimum atomic E-state index is -0.620. The summed E-state index contributed by atoms with van der Waals surface area (Å²) < 4.78 is 1.42. The molecule has 3 aromatic rings. The monoisotopic (exact) mass is 471 g/mol. The Morgan fingerprint density at radius 2 is 1.94 bits per heavy atom. The number of H-pyrrole nitrogens is 1. The number of carbonyl (C=O) groups is 1. The Hall–Kier alpha value is -2.97. The van der Waals surface area contributed by atoms with E-state index in [1.54, 1.807) is 6.07 Å². The second-order valence-electron chi connectivity index (χ2n) is 8.57. The number of nitrogens with zero attached hydrogens (tertiary/aromatic N) is 3. The van der Waals surface area contributed by atoms with Crippen molar-refractivity contribution in [3.05, 3.63) is 73.0 Å². The van der Waals surface area contributed by atoms with Gasteiger partial charge >= 0.3 is 5.69 Å². The predicted octanol–water partition coefficient (Wildman–Crippen LogP) is 3.30. The first-order chi connectivity index (χ1) is 15.6. The zero-order chi connectivity index (χ0) is 24.3. The van der Waals surface area contributed by atoms with E-state index in [0.717, 1.165) is 5.56 Å². The lowest BCUT2D eigenvalue weighted by Gasteiger charge is -2.26. The second-order valence-corrected chi connectivity index (χ2v) is 8.98. The molecule has 1 aromatic carbocycles. The van der Waals surface area contributed by atoms with Crippen LogP contribution in [0.2, 0.25) is 5.02 Å². The van der Waals surface area contributed by atoms with E-state index in [2.05, 4.69) is 15.3 Å². The smallest absolute Gasteiger partial charge is 0.329 e. The Labute approximate surface area is 197 Å². The summed E-state index contributed by atoms with van der Waals surface area (Å²) in [6.45, 7) is 6.49. The molecule has 3 rings (SSSR count). The number of halogens is 1. The molecule has 0 aliphatic heterocycles. The quantitative estimate of drug-likeness (QED) is 0.525. The van der Waals surface area contributed by atoms with Gasteiger partial charge in [-0.3, -0.25) is 19.1 Å². The van der Waals surface area contributed by atoms with Crippen LogP contribution in [-0.2, 0) is 6.54 Å². The normalized spacial score (nSPS) is 12.5. The first-order valence-corrected chi connectivity index (χ1v) is 11.4. The van der Waals surface area contributed by atoms with Crippen LogP contribution in [0.25, 0.3) is 11.0 Å². The van der Waals surface area contributed by atoms with E-state index < -0.39 is 17.2 Å². The summed E-state index contributed by atoms with van der Waals surface area (Å²) >= 11 is 6.39. The van der Waals surface area contributed by atoms with Crippen LogP contribution in [0.1, 0.15) is 60.8 Å². The van der Waals surface area contributed by atoms with E-state index in [1.807, 2.05) is 64.0 Å². The molecule has 0 saturated heterocycles. The van der Waals surface area contributed by atoms with Crippen LogP contribution in [0.15, 0.2) is 39.9 Å². The summed E-state index contributed by atoms with van der Waals surface area (Å²) in [7, 11) is 3.82. The molecular formula is C24H30ClN5O3. The van der Waals surface area contributed by atoms with E-state index >= 15 is 0 Å². The molecule has 2 aromatic heterocycles. The molecule has 0 spiro atoms. The van der Waals surface area contributed by atoms with Crippen molar-refractivity contribution in [2.75, 3.05) is 20.6 Å². The number of fused-ring (bicyclic) bond motifs is 1. The molecular weight excluding hydrogens is 442 g/mol. The fourth-order valence-corrected chi connectivity index (χ4v) is 4.06. The Balaban J connectivity index is 2.07. The number of rotatable bonds is 8. The average molecular weight is 472 g/mol. The molecule has 1 atom stereocenters. The van der Waals surface area contributed by atoms with Crippen LogP contribution in [-0.4, -0.2) is 46.0 Å². The molecule has 0 saturated carbocycles. The summed E-state index contributed by atoms with van der Waals surface area (Å²) in [4.78, 5) is 47.4. The molecule has 9 heteroatoms. The Bertz CT molecular complexity index is 1280. The molecule has 2 heterocycles. The molecule has 0 aliphatic rings. The maximum Gasteiger partial charge on any atom is 0.329 e. The lowest BCUT2D eigenvalue weighted by atomic mass is 10.0. The maximum atomic E-state index is 13.4. The van der Waals surface area contributed by atoms with Gasteiger partial charge in [0.25, 0.3) is 11.5 Å². The molecule has 0 fully saturated rings. The van der Waals surface area contributed by atoms with Gasteiger partial charge in [-0.2, -0.15) is 0 Å². The molecule has 2 N–H and O–H groups in total. The van der Waals surface area contributed by atoms with Gasteiger partial charge < -0.3 is 10.2 Å². The third-order valence-electron chi connectivity index (χ3n) is 5.60. The van der Waals surface area contributed by atoms with E-state index in [0.29, 0.717) is 23.7 Å². The number of aromatic nitrogens is 3. The number of pyridine rings is 1. The number of carbonyl (C=O) groups excluding carboxylic acids is 1. The number of benzene rings is 1. The number of amides is 1. The highest BCUT2D eigenvalue weighted by atomic mass is 35.5. The van der Waals surface area contributed by atoms with Gasteiger partial charge in [-0.25, -0.2) is 9.78 Å². The Morgan fingerprint density at radius 1 is 1.24 bits per heavy atom. The van der Waals surface area contributed by atoms with Gasteiger partial charge in [-0.15, -0.1) is 0 Å². The SMILES string of the molecule is CCCn1c(=O)[nH]c(=O)c2c(C(=O)NCC(c3ccccc3Cl)N(C)C)cc(C(C)C)nc21. The van der Waals surface area contributed by atoms with Gasteiger partial charge in [0.15, 0.2) is 5.65 Å². The molecule has 1 amide bonds. The van der Waals surface area contributed by atoms with Crippen molar-refractivity contribution in [1.82, 2.24) is 24.8 Å². The van der Waals surface area contributed by atoms with Crippen LogP contribution in [0.3, 0.4) is 0 Å². The van der Waals surface area contributed by atoms with Gasteiger partial charge in [0.2, 0.25) is 0 Å². The van der Waals surface area contributed by atoms with Crippen LogP contribution in [0.5, 0.6) is 0 Å². The van der Waals surface area contributed by atoms with E-state index in [-0.39, 0.29) is 35.1 Å². The van der Waals surface area contributed by atoms with Gasteiger partial charge in [-0.1, -0.05) is 50.6 Å². The average Bonchev–Trinajstić information content (AvgIpc) is 2.76. The van der Waals surface area contributed by atoms with E-state index in [4.69, 9.17) is 11.6 Å². The largest absolute Gasteiger partial charge is 0.350 e. The first kappa shape index (κ1) is 24.7. The molecule has 8 nitrogen and oxygen atoms in total. The third kappa shape index (κ3) is 5.17. The number of aryl methyl sites for hydroxylation is 1. The van der Waals surface area contributed by atoms with Crippen LogP contribution in [0.4, 0.5) is 0 Å². The fraction of sp³-hybridized carbons (Fsp3) is 0.417. The van der Waals surface area contributed by atoms with E-state index in [9.17, 15) is 14.4 Å². The summed E-state index contributed by atoms with van der Waals surface area (Å²) in [5, 5.41) is 3.68. The zero-order valence-corrected chi connectivity index (χ0v) is 20.4. The standard InChI is InChI=1S/C24H30ClN5O3/c1-6-11-30-21-20(23(32)28-24(30)33)16(12-18(27-21)14(2)3)22(31)26-13-19(29(4)5)15-9-7-8-10-17(15)25/h7-10,12,14,19H,6,11,13H2,1-5H3,(H,26,31)(H,28,32,33). The topological polar surface area (TPSA) is 100 Å². The number of hydrogen-bond donors (Lipinski definition) is 2. The minimum Gasteiger partial charge on any atom is -0.350 e. The highest BCUT2D eigenvalue weighted by molar-refractivity contribution is 6.31. The number of likely N-dealkylation sites (N-methyl/N-ethyl adjacent to an activating group) is 1. The highest BCUT2D eigenvalue weighted by Gasteiger charge is 2.23. The zero-order valence-electron chi connectivity index (χ0n) is 19.6. The number of aromatic amines is 1. The lowest BCUT2D eigenvalue weighted by Crippen LogP contribution is -2.36. The highest BCUT2D eigenvalue weighted by Crippen LogP contribution is 2.26. The molecule has 176 valence electrons. The van der Waals surface area contributed by atoms with E-state index in [1.165, 1.54) is 4.57 Å². The molecule has 0 aliphatic carbocycles. The van der Waals surface area contributed by atoms with Crippen molar-refractivity contribution in [2.24, 2.45) is 0 Å².